The number of aryl methyl sites for hydroxylation is 3. The van der Waals surface area contributed by atoms with E-state index in [9.17, 15) is 13.2 Å². The van der Waals surface area contributed by atoms with Gasteiger partial charge in [-0.3, -0.25) is 4.79 Å². The van der Waals surface area contributed by atoms with Crippen molar-refractivity contribution in [3.8, 4) is 0 Å². The molecule has 1 atom stereocenters. The number of rotatable bonds is 3. The van der Waals surface area contributed by atoms with E-state index in [0.717, 1.165) is 41.5 Å². The van der Waals surface area contributed by atoms with Crippen molar-refractivity contribution >= 4 is 55.1 Å². The Hall–Kier alpha value is -1.97. The van der Waals surface area contributed by atoms with Crippen molar-refractivity contribution in [2.75, 3.05) is 11.5 Å². The van der Waals surface area contributed by atoms with Crippen LogP contribution in [0.2, 0.25) is 5.15 Å². The predicted octanol–water partition coefficient (Wildman–Crippen LogP) is 3.55. The molecule has 5 rings (SSSR count). The summed E-state index contributed by atoms with van der Waals surface area (Å²) in [5, 5.41) is 5.60. The molecule has 7 nitrogen and oxygen atoms in total. The zero-order valence-electron chi connectivity index (χ0n) is 16.4. The zero-order valence-corrected chi connectivity index (χ0v) is 18.8. The Bertz CT molecular complexity index is 1350. The van der Waals surface area contributed by atoms with Gasteiger partial charge in [0.15, 0.2) is 9.84 Å². The van der Waals surface area contributed by atoms with Gasteiger partial charge in [-0.25, -0.2) is 18.1 Å². The van der Waals surface area contributed by atoms with Crippen molar-refractivity contribution in [1.82, 2.24) is 19.7 Å². The molecule has 1 unspecified atom stereocenters. The highest BCUT2D eigenvalue weighted by molar-refractivity contribution is 7.91. The van der Waals surface area contributed by atoms with Crippen molar-refractivity contribution in [3.05, 3.63) is 43.0 Å². The van der Waals surface area contributed by atoms with E-state index in [1.807, 2.05) is 6.92 Å². The number of H-pyrrole nitrogens is 1. The Morgan fingerprint density at radius 3 is 2.83 bits per heavy atom. The van der Waals surface area contributed by atoms with Gasteiger partial charge in [0.1, 0.15) is 15.8 Å². The number of aromatic nitrogens is 4. The molecule has 1 aliphatic heterocycles. The first-order valence-electron chi connectivity index (χ1n) is 10.00. The maximum atomic E-state index is 12.7. The van der Waals surface area contributed by atoms with Gasteiger partial charge in [0, 0.05) is 10.4 Å². The van der Waals surface area contributed by atoms with Crippen LogP contribution in [0.3, 0.4) is 0 Å². The molecule has 1 saturated heterocycles. The van der Waals surface area contributed by atoms with Crippen molar-refractivity contribution in [3.63, 3.8) is 0 Å². The first-order valence-corrected chi connectivity index (χ1v) is 13.0. The first kappa shape index (κ1) is 20.0. The van der Waals surface area contributed by atoms with Crippen LogP contribution < -0.4 is 5.56 Å². The van der Waals surface area contributed by atoms with Crippen molar-refractivity contribution in [2.45, 2.75) is 45.1 Å². The molecule has 1 fully saturated rings. The van der Waals surface area contributed by atoms with Crippen LogP contribution in [0.5, 0.6) is 0 Å². The SMILES string of the molecule is Cc1nn(C2CCS(=O)(=O)C2)c(Cl)c1C=Cc1nc2sc3c(c2c(=O)[nH]1)CCCC3. The molecule has 30 heavy (non-hydrogen) atoms. The van der Waals surface area contributed by atoms with Crippen LogP contribution >= 0.6 is 22.9 Å². The van der Waals surface area contributed by atoms with Gasteiger partial charge in [-0.05, 0) is 56.7 Å². The molecule has 3 aromatic rings. The molecule has 0 saturated carbocycles. The van der Waals surface area contributed by atoms with Crippen molar-refractivity contribution < 1.29 is 8.42 Å². The van der Waals surface area contributed by atoms with E-state index in [2.05, 4.69) is 15.1 Å². The molecular weight excluding hydrogens is 444 g/mol. The quantitative estimate of drug-likeness (QED) is 0.639. The standard InChI is InChI=1S/C20H21ClN4O3S2/c1-11-13(18(21)25(24-11)12-8-9-30(27,28)10-12)6-7-16-22-19(26)17-14-4-2-3-5-15(14)29-20(17)23-16/h6-7,12H,2-5,8-10H2,1H3,(H,22,23,26). The molecule has 0 aromatic carbocycles. The van der Waals surface area contributed by atoms with Gasteiger partial charge in [-0.1, -0.05) is 11.6 Å². The second-order valence-electron chi connectivity index (χ2n) is 7.97. The Morgan fingerprint density at radius 2 is 2.07 bits per heavy atom. The lowest BCUT2D eigenvalue weighted by Crippen LogP contribution is -2.12. The number of nitrogens with one attached hydrogen (secondary N) is 1. The summed E-state index contributed by atoms with van der Waals surface area (Å²) >= 11 is 8.14. The van der Waals surface area contributed by atoms with Gasteiger partial charge in [0.25, 0.3) is 5.56 Å². The number of sulfone groups is 1. The lowest BCUT2D eigenvalue weighted by atomic mass is 9.97. The Morgan fingerprint density at radius 1 is 1.27 bits per heavy atom. The molecule has 4 heterocycles. The monoisotopic (exact) mass is 464 g/mol. The molecule has 0 bridgehead atoms. The van der Waals surface area contributed by atoms with E-state index in [4.69, 9.17) is 11.6 Å². The summed E-state index contributed by atoms with van der Waals surface area (Å²) in [7, 11) is -3.03. The smallest absolute Gasteiger partial charge is 0.260 e. The van der Waals surface area contributed by atoms with Gasteiger partial charge in [-0.2, -0.15) is 5.10 Å². The minimum Gasteiger partial charge on any atom is -0.306 e. The summed E-state index contributed by atoms with van der Waals surface area (Å²) in [5.41, 5.74) is 2.47. The van der Waals surface area contributed by atoms with Gasteiger partial charge in [-0.15, -0.1) is 11.3 Å². The summed E-state index contributed by atoms with van der Waals surface area (Å²) < 4.78 is 25.2. The third-order valence-electron chi connectivity index (χ3n) is 5.88. The molecular formula is C20H21ClN4O3S2. The van der Waals surface area contributed by atoms with Crippen molar-refractivity contribution in [1.29, 1.82) is 0 Å². The fourth-order valence-corrected chi connectivity index (χ4v) is 7.69. The van der Waals surface area contributed by atoms with Crippen LogP contribution in [0, 0.1) is 6.92 Å². The van der Waals surface area contributed by atoms with E-state index in [1.54, 1.807) is 28.2 Å². The summed E-state index contributed by atoms with van der Waals surface area (Å²) in [4.78, 5) is 22.3. The fourth-order valence-electron chi connectivity index (χ4n) is 4.35. The second kappa shape index (κ2) is 7.32. The highest BCUT2D eigenvalue weighted by Gasteiger charge is 2.31. The second-order valence-corrected chi connectivity index (χ2v) is 11.6. The van der Waals surface area contributed by atoms with Crippen LogP contribution in [0.15, 0.2) is 4.79 Å². The molecule has 10 heteroatoms. The molecule has 0 amide bonds. The Labute approximate surface area is 182 Å². The molecule has 158 valence electrons. The Kier molecular flexibility index (Phi) is 4.87. The lowest BCUT2D eigenvalue weighted by molar-refractivity contribution is 0.497. The lowest BCUT2D eigenvalue weighted by Gasteiger charge is -2.09. The summed E-state index contributed by atoms with van der Waals surface area (Å²) in [6, 6.07) is -0.241. The number of aromatic amines is 1. The number of nitrogens with zero attached hydrogens (tertiary/aromatic N) is 3. The number of hydrogen-bond acceptors (Lipinski definition) is 6. The highest BCUT2D eigenvalue weighted by atomic mass is 35.5. The number of thiophene rings is 1. The first-order chi connectivity index (χ1) is 14.3. The van der Waals surface area contributed by atoms with Gasteiger partial charge >= 0.3 is 0 Å². The molecule has 3 aromatic heterocycles. The van der Waals surface area contributed by atoms with Gasteiger partial charge < -0.3 is 4.98 Å². The van der Waals surface area contributed by atoms with Gasteiger partial charge in [0.05, 0.1) is 28.6 Å². The average Bonchev–Trinajstić information content (AvgIpc) is 3.33. The topological polar surface area (TPSA) is 97.7 Å². The maximum Gasteiger partial charge on any atom is 0.260 e. The van der Waals surface area contributed by atoms with E-state index in [1.165, 1.54) is 4.88 Å². The van der Waals surface area contributed by atoms with Crippen LogP contribution in [-0.4, -0.2) is 39.7 Å². The molecule has 0 spiro atoms. The predicted molar refractivity (Wildman–Crippen MR) is 120 cm³/mol. The third-order valence-corrected chi connectivity index (χ3v) is 9.19. The molecule has 1 N–H and O–H groups in total. The molecule has 1 aliphatic carbocycles. The van der Waals surface area contributed by atoms with Crippen LogP contribution in [0.25, 0.3) is 22.4 Å². The normalized spacial score (nSPS) is 20.9. The minimum absolute atomic E-state index is 0.0611. The Balaban J connectivity index is 1.48. The zero-order chi connectivity index (χ0) is 21.0. The van der Waals surface area contributed by atoms with Crippen LogP contribution in [-0.2, 0) is 22.7 Å². The summed E-state index contributed by atoms with van der Waals surface area (Å²) in [5.74, 6) is 0.692. The largest absolute Gasteiger partial charge is 0.306 e. The van der Waals surface area contributed by atoms with Crippen LogP contribution in [0.4, 0.5) is 0 Å². The van der Waals surface area contributed by atoms with E-state index in [0.29, 0.717) is 28.7 Å². The number of hydrogen-bond donors (Lipinski definition) is 1. The van der Waals surface area contributed by atoms with E-state index in [-0.39, 0.29) is 23.1 Å². The number of halogens is 1. The highest BCUT2D eigenvalue weighted by Crippen LogP contribution is 2.34. The van der Waals surface area contributed by atoms with Gasteiger partial charge in [0.2, 0.25) is 0 Å². The average molecular weight is 465 g/mol. The molecule has 2 aliphatic rings. The maximum absolute atomic E-state index is 12.7. The minimum atomic E-state index is -3.03. The van der Waals surface area contributed by atoms with Crippen LogP contribution in [0.1, 0.15) is 52.8 Å². The van der Waals surface area contributed by atoms with E-state index >= 15 is 0 Å². The number of fused-ring (bicyclic) bond motifs is 3. The molecule has 0 radical (unpaired) electrons. The fraction of sp³-hybridized carbons (Fsp3) is 0.450. The summed E-state index contributed by atoms with van der Waals surface area (Å²) in [6.07, 6.45) is 8.26. The van der Waals surface area contributed by atoms with E-state index < -0.39 is 9.84 Å². The van der Waals surface area contributed by atoms with Crippen molar-refractivity contribution in [2.24, 2.45) is 0 Å². The summed E-state index contributed by atoms with van der Waals surface area (Å²) in [6.45, 7) is 1.83. The third kappa shape index (κ3) is 3.42.